The zero-order valence-corrected chi connectivity index (χ0v) is 11.6. The molecular formula is C13H17BrN2O. The first-order valence-electron chi connectivity index (χ1n) is 5.96. The van der Waals surface area contributed by atoms with Crippen molar-refractivity contribution >= 4 is 27.9 Å². The van der Waals surface area contributed by atoms with Crippen LogP contribution in [0.15, 0.2) is 22.7 Å². The van der Waals surface area contributed by atoms with Gasteiger partial charge in [0, 0.05) is 41.9 Å². The Bertz CT molecular complexity index is 400. The second-order valence-electron chi connectivity index (χ2n) is 4.24. The van der Waals surface area contributed by atoms with Gasteiger partial charge >= 0.3 is 0 Å². The molecular weight excluding hydrogens is 280 g/mol. The van der Waals surface area contributed by atoms with E-state index in [9.17, 15) is 4.79 Å². The molecule has 0 bridgehead atoms. The molecule has 0 radical (unpaired) electrons. The highest BCUT2D eigenvalue weighted by Gasteiger charge is 2.17. The molecule has 1 aromatic rings. The molecule has 0 saturated carbocycles. The number of likely N-dealkylation sites (N-methyl/N-ethyl adjacent to an activating group) is 1. The maximum atomic E-state index is 11.1. The van der Waals surface area contributed by atoms with Gasteiger partial charge in [-0.1, -0.05) is 22.9 Å². The van der Waals surface area contributed by atoms with Gasteiger partial charge in [0.15, 0.2) is 6.29 Å². The van der Waals surface area contributed by atoms with Crippen molar-refractivity contribution in [1.29, 1.82) is 0 Å². The summed E-state index contributed by atoms with van der Waals surface area (Å²) in [6.45, 7) is 7.43. The second kappa shape index (κ2) is 5.65. The topological polar surface area (TPSA) is 23.6 Å². The number of carbonyl (C=O) groups excluding carboxylic acids is 1. The number of aldehydes is 1. The number of piperazine rings is 1. The van der Waals surface area contributed by atoms with Crippen molar-refractivity contribution < 1.29 is 4.79 Å². The number of benzene rings is 1. The first-order valence-corrected chi connectivity index (χ1v) is 6.76. The minimum absolute atomic E-state index is 0.768. The predicted octanol–water partition coefficient (Wildman–Crippen LogP) is 2.40. The van der Waals surface area contributed by atoms with Gasteiger partial charge in [-0.2, -0.15) is 0 Å². The molecule has 0 aromatic heterocycles. The molecule has 1 aliphatic rings. The summed E-state index contributed by atoms with van der Waals surface area (Å²) in [7, 11) is 0. The number of halogens is 1. The van der Waals surface area contributed by atoms with Gasteiger partial charge in [-0.3, -0.25) is 4.79 Å². The molecule has 4 heteroatoms. The summed E-state index contributed by atoms with van der Waals surface area (Å²) in [6.07, 6.45) is 0.937. The van der Waals surface area contributed by atoms with E-state index >= 15 is 0 Å². The summed E-state index contributed by atoms with van der Waals surface area (Å²) in [5.41, 5.74) is 1.82. The Kier molecular flexibility index (Phi) is 4.18. The lowest BCUT2D eigenvalue weighted by molar-refractivity contribution is 0.112. The summed E-state index contributed by atoms with van der Waals surface area (Å²) in [5.74, 6) is 0. The highest BCUT2D eigenvalue weighted by atomic mass is 79.9. The Balaban J connectivity index is 2.15. The zero-order valence-electron chi connectivity index (χ0n) is 10.0. The third-order valence-corrected chi connectivity index (χ3v) is 3.77. The molecule has 1 aliphatic heterocycles. The fraction of sp³-hybridized carbons (Fsp3) is 0.462. The molecule has 0 amide bonds. The van der Waals surface area contributed by atoms with Crippen LogP contribution in [0, 0.1) is 0 Å². The van der Waals surface area contributed by atoms with Crippen LogP contribution in [0.5, 0.6) is 0 Å². The summed E-state index contributed by atoms with van der Waals surface area (Å²) in [5, 5.41) is 0. The Labute approximate surface area is 111 Å². The van der Waals surface area contributed by atoms with Gasteiger partial charge in [-0.15, -0.1) is 0 Å². The van der Waals surface area contributed by atoms with E-state index in [1.807, 2.05) is 18.2 Å². The quantitative estimate of drug-likeness (QED) is 0.801. The van der Waals surface area contributed by atoms with Crippen LogP contribution in [0.2, 0.25) is 0 Å². The molecule has 2 rings (SSSR count). The summed E-state index contributed by atoms with van der Waals surface area (Å²) >= 11 is 3.40. The van der Waals surface area contributed by atoms with E-state index in [2.05, 4.69) is 32.7 Å². The number of hydrogen-bond acceptors (Lipinski definition) is 3. The second-order valence-corrected chi connectivity index (χ2v) is 5.16. The molecule has 0 atom stereocenters. The number of carbonyl (C=O) groups is 1. The van der Waals surface area contributed by atoms with Crippen molar-refractivity contribution in [2.24, 2.45) is 0 Å². The molecule has 0 spiro atoms. The number of anilines is 1. The molecule has 1 saturated heterocycles. The smallest absolute Gasteiger partial charge is 0.152 e. The Hall–Kier alpha value is -0.870. The molecule has 0 N–H and O–H groups in total. The van der Waals surface area contributed by atoms with E-state index < -0.39 is 0 Å². The van der Waals surface area contributed by atoms with E-state index in [4.69, 9.17) is 0 Å². The molecule has 17 heavy (non-hydrogen) atoms. The predicted molar refractivity (Wildman–Crippen MR) is 73.9 cm³/mol. The largest absolute Gasteiger partial charge is 0.368 e. The van der Waals surface area contributed by atoms with E-state index in [0.717, 1.165) is 54.7 Å². The summed E-state index contributed by atoms with van der Waals surface area (Å²) in [6, 6.07) is 5.90. The number of rotatable bonds is 3. The van der Waals surface area contributed by atoms with Crippen LogP contribution in [0.25, 0.3) is 0 Å². The van der Waals surface area contributed by atoms with Gasteiger partial charge in [0.2, 0.25) is 0 Å². The summed E-state index contributed by atoms with van der Waals surface area (Å²) in [4.78, 5) is 15.8. The number of nitrogens with zero attached hydrogens (tertiary/aromatic N) is 2. The van der Waals surface area contributed by atoms with Gasteiger partial charge in [0.05, 0.1) is 0 Å². The van der Waals surface area contributed by atoms with Gasteiger partial charge in [0.25, 0.3) is 0 Å². The van der Waals surface area contributed by atoms with Crippen LogP contribution in [-0.2, 0) is 0 Å². The van der Waals surface area contributed by atoms with Gasteiger partial charge in [-0.25, -0.2) is 0 Å². The third kappa shape index (κ3) is 2.87. The average Bonchev–Trinajstić information content (AvgIpc) is 2.39. The molecule has 3 nitrogen and oxygen atoms in total. The van der Waals surface area contributed by atoms with Crippen molar-refractivity contribution in [2.45, 2.75) is 6.92 Å². The Morgan fingerprint density at radius 1 is 1.29 bits per heavy atom. The number of hydrogen-bond donors (Lipinski definition) is 0. The van der Waals surface area contributed by atoms with Crippen LogP contribution >= 0.6 is 15.9 Å². The average molecular weight is 297 g/mol. The fourth-order valence-corrected chi connectivity index (χ4v) is 2.59. The van der Waals surface area contributed by atoms with Gasteiger partial charge in [-0.05, 0) is 24.7 Å². The summed E-state index contributed by atoms with van der Waals surface area (Å²) < 4.78 is 0.954. The maximum Gasteiger partial charge on any atom is 0.152 e. The SMILES string of the molecule is CCN1CCN(c2ccc(Br)cc2C=O)CC1. The van der Waals surface area contributed by atoms with Crippen LogP contribution < -0.4 is 4.90 Å². The fourth-order valence-electron chi connectivity index (χ4n) is 2.21. The van der Waals surface area contributed by atoms with E-state index in [1.54, 1.807) is 0 Å². The van der Waals surface area contributed by atoms with Crippen molar-refractivity contribution in [3.8, 4) is 0 Å². The third-order valence-electron chi connectivity index (χ3n) is 3.28. The van der Waals surface area contributed by atoms with Crippen LogP contribution in [-0.4, -0.2) is 43.9 Å². The van der Waals surface area contributed by atoms with Gasteiger partial charge in [0.1, 0.15) is 0 Å². The Morgan fingerprint density at radius 3 is 2.59 bits per heavy atom. The molecule has 92 valence electrons. The van der Waals surface area contributed by atoms with Crippen LogP contribution in [0.3, 0.4) is 0 Å². The minimum atomic E-state index is 0.768. The molecule has 1 fully saturated rings. The Morgan fingerprint density at radius 2 is 2.00 bits per heavy atom. The lowest BCUT2D eigenvalue weighted by Crippen LogP contribution is -2.46. The normalized spacial score (nSPS) is 17.2. The molecule has 0 unspecified atom stereocenters. The first-order chi connectivity index (χ1) is 8.24. The van der Waals surface area contributed by atoms with Gasteiger partial charge < -0.3 is 9.80 Å². The van der Waals surface area contributed by atoms with E-state index in [-0.39, 0.29) is 0 Å². The molecule has 1 aromatic carbocycles. The van der Waals surface area contributed by atoms with Crippen LogP contribution in [0.4, 0.5) is 5.69 Å². The standard InChI is InChI=1S/C13H17BrN2O/c1-2-15-5-7-16(8-6-15)13-4-3-12(14)9-11(13)10-17/h3-4,9-10H,2,5-8H2,1H3. The lowest BCUT2D eigenvalue weighted by atomic mass is 10.1. The molecule has 1 heterocycles. The highest BCUT2D eigenvalue weighted by molar-refractivity contribution is 9.10. The minimum Gasteiger partial charge on any atom is -0.368 e. The van der Waals surface area contributed by atoms with Crippen molar-refractivity contribution in [3.63, 3.8) is 0 Å². The van der Waals surface area contributed by atoms with Crippen LogP contribution in [0.1, 0.15) is 17.3 Å². The van der Waals surface area contributed by atoms with E-state index in [1.165, 1.54) is 0 Å². The van der Waals surface area contributed by atoms with Crippen molar-refractivity contribution in [1.82, 2.24) is 4.90 Å². The van der Waals surface area contributed by atoms with E-state index in [0.29, 0.717) is 0 Å². The van der Waals surface area contributed by atoms with Crippen molar-refractivity contribution in [2.75, 3.05) is 37.6 Å². The zero-order chi connectivity index (χ0) is 12.3. The maximum absolute atomic E-state index is 11.1. The highest BCUT2D eigenvalue weighted by Crippen LogP contribution is 2.24. The lowest BCUT2D eigenvalue weighted by Gasteiger charge is -2.36. The van der Waals surface area contributed by atoms with Crippen molar-refractivity contribution in [3.05, 3.63) is 28.2 Å². The molecule has 0 aliphatic carbocycles. The first kappa shape index (κ1) is 12.6. The monoisotopic (exact) mass is 296 g/mol.